The van der Waals surface area contributed by atoms with Crippen molar-refractivity contribution in [1.29, 1.82) is 0 Å². The normalized spacial score (nSPS) is 28.5. The number of aromatic nitrogens is 2. The number of ether oxygens (including phenoxy) is 2. The molecule has 0 spiro atoms. The van der Waals surface area contributed by atoms with Crippen LogP contribution >= 0.6 is 0 Å². The molecule has 1 fully saturated rings. The smallest absolute Gasteiger partial charge is 0.351 e. The van der Waals surface area contributed by atoms with E-state index in [9.17, 15) is 4.79 Å². The topological polar surface area (TPSA) is 79.4 Å². The molecule has 6 nitrogen and oxygen atoms in total. The molecule has 6 heteroatoms. The van der Waals surface area contributed by atoms with Gasteiger partial charge in [0.2, 0.25) is 0 Å². The zero-order valence-corrected chi connectivity index (χ0v) is 10.00. The molecule has 94 valence electrons. The highest BCUT2D eigenvalue weighted by Gasteiger charge is 2.38. The molecule has 0 aliphatic carbocycles. The highest BCUT2D eigenvalue weighted by Crippen LogP contribution is 2.31. The predicted octanol–water partition coefficient (Wildman–Crippen LogP) is 0.396. The monoisotopic (exact) mass is 239 g/mol. The zero-order valence-electron chi connectivity index (χ0n) is 10.00. The van der Waals surface area contributed by atoms with Crippen molar-refractivity contribution in [3.63, 3.8) is 0 Å². The number of rotatable bonds is 3. The van der Waals surface area contributed by atoms with E-state index in [1.807, 2.05) is 0 Å². The Balaban J connectivity index is 2.31. The molecule has 0 bridgehead atoms. The summed E-state index contributed by atoms with van der Waals surface area (Å²) in [5.74, 6) is 0.514. The first-order valence-corrected chi connectivity index (χ1v) is 5.66. The van der Waals surface area contributed by atoms with Crippen LogP contribution in [-0.2, 0) is 9.47 Å². The van der Waals surface area contributed by atoms with Crippen molar-refractivity contribution in [2.75, 3.05) is 19.5 Å². The SMILES string of the molecule is CCC1COC(n2ccc(N)nc2=O)C1OC. The van der Waals surface area contributed by atoms with E-state index in [0.29, 0.717) is 12.5 Å². The summed E-state index contributed by atoms with van der Waals surface area (Å²) in [6.45, 7) is 2.67. The first kappa shape index (κ1) is 12.1. The maximum Gasteiger partial charge on any atom is 0.351 e. The van der Waals surface area contributed by atoms with Crippen LogP contribution in [0.1, 0.15) is 19.6 Å². The van der Waals surface area contributed by atoms with Gasteiger partial charge in [-0.25, -0.2) is 4.79 Å². The Kier molecular flexibility index (Phi) is 3.44. The third-order valence-corrected chi connectivity index (χ3v) is 3.15. The lowest BCUT2D eigenvalue weighted by atomic mass is 10.0. The number of nitrogens with two attached hydrogens (primary N) is 1. The number of hydrogen-bond acceptors (Lipinski definition) is 5. The van der Waals surface area contributed by atoms with Crippen molar-refractivity contribution in [2.45, 2.75) is 25.7 Å². The number of nitrogens with zero attached hydrogens (tertiary/aromatic N) is 2. The first-order valence-electron chi connectivity index (χ1n) is 5.66. The standard InChI is InChI=1S/C11H17N3O3/c1-3-7-6-17-10(9(7)16-2)14-5-4-8(12)13-11(14)15/h4-5,7,9-10H,3,6H2,1-2H3,(H2,12,13,15). The molecule has 1 aromatic rings. The number of hydrogen-bond donors (Lipinski definition) is 1. The van der Waals surface area contributed by atoms with Crippen molar-refractivity contribution in [2.24, 2.45) is 5.92 Å². The van der Waals surface area contributed by atoms with Gasteiger partial charge in [0.1, 0.15) is 11.9 Å². The van der Waals surface area contributed by atoms with E-state index in [1.54, 1.807) is 19.4 Å². The summed E-state index contributed by atoms with van der Waals surface area (Å²) in [5, 5.41) is 0. The molecule has 0 amide bonds. The minimum atomic E-state index is -0.412. The fourth-order valence-electron chi connectivity index (χ4n) is 2.16. The van der Waals surface area contributed by atoms with E-state index in [2.05, 4.69) is 11.9 Å². The molecule has 1 saturated heterocycles. The van der Waals surface area contributed by atoms with E-state index in [1.165, 1.54) is 4.57 Å². The van der Waals surface area contributed by atoms with Crippen LogP contribution in [0, 0.1) is 5.92 Å². The average Bonchev–Trinajstić information content (AvgIpc) is 2.71. The van der Waals surface area contributed by atoms with Gasteiger partial charge in [0.05, 0.1) is 6.61 Å². The summed E-state index contributed by atoms with van der Waals surface area (Å²) >= 11 is 0. The predicted molar refractivity (Wildman–Crippen MR) is 62.5 cm³/mol. The highest BCUT2D eigenvalue weighted by molar-refractivity contribution is 5.23. The maximum atomic E-state index is 11.7. The Morgan fingerprint density at radius 1 is 1.71 bits per heavy atom. The van der Waals surface area contributed by atoms with E-state index in [-0.39, 0.29) is 11.9 Å². The Morgan fingerprint density at radius 3 is 3.06 bits per heavy atom. The second kappa shape index (κ2) is 4.85. The maximum absolute atomic E-state index is 11.7. The van der Waals surface area contributed by atoms with Gasteiger partial charge in [-0.3, -0.25) is 4.57 Å². The molecule has 2 rings (SSSR count). The van der Waals surface area contributed by atoms with Crippen LogP contribution in [0.4, 0.5) is 5.82 Å². The molecule has 0 aromatic carbocycles. The lowest BCUT2D eigenvalue weighted by Gasteiger charge is -2.21. The van der Waals surface area contributed by atoms with Crippen molar-refractivity contribution < 1.29 is 9.47 Å². The van der Waals surface area contributed by atoms with Gasteiger partial charge in [-0.15, -0.1) is 0 Å². The fraction of sp³-hybridized carbons (Fsp3) is 0.636. The van der Waals surface area contributed by atoms with Crippen molar-refractivity contribution >= 4 is 5.82 Å². The number of methoxy groups -OCH3 is 1. The fourth-order valence-corrected chi connectivity index (χ4v) is 2.16. The van der Waals surface area contributed by atoms with Crippen LogP contribution in [0.3, 0.4) is 0 Å². The van der Waals surface area contributed by atoms with E-state index in [4.69, 9.17) is 15.2 Å². The molecule has 1 aliphatic rings. The van der Waals surface area contributed by atoms with Crippen molar-refractivity contribution in [3.8, 4) is 0 Å². The molecule has 2 N–H and O–H groups in total. The Labute approximate surface area is 99.4 Å². The van der Waals surface area contributed by atoms with Crippen LogP contribution < -0.4 is 11.4 Å². The minimum Gasteiger partial charge on any atom is -0.383 e. The molecule has 3 atom stereocenters. The van der Waals surface area contributed by atoms with Crippen LogP contribution in [0.2, 0.25) is 0 Å². The summed E-state index contributed by atoms with van der Waals surface area (Å²) in [4.78, 5) is 15.4. The second-order valence-corrected chi connectivity index (χ2v) is 4.13. The summed E-state index contributed by atoms with van der Waals surface area (Å²) in [6, 6.07) is 1.58. The molecule has 1 aliphatic heterocycles. The molecule has 0 radical (unpaired) electrons. The number of anilines is 1. The molecule has 17 heavy (non-hydrogen) atoms. The summed E-state index contributed by atoms with van der Waals surface area (Å²) in [6.07, 6.45) is 2.01. The van der Waals surface area contributed by atoms with Gasteiger partial charge in [-0.2, -0.15) is 4.98 Å². The molecule has 1 aromatic heterocycles. The lowest BCUT2D eigenvalue weighted by Crippen LogP contribution is -2.34. The van der Waals surface area contributed by atoms with E-state index < -0.39 is 11.9 Å². The first-order chi connectivity index (χ1) is 8.17. The summed E-state index contributed by atoms with van der Waals surface area (Å²) < 4.78 is 12.5. The van der Waals surface area contributed by atoms with Gasteiger partial charge in [-0.1, -0.05) is 6.92 Å². The molecule has 2 heterocycles. The van der Waals surface area contributed by atoms with Gasteiger partial charge < -0.3 is 15.2 Å². The van der Waals surface area contributed by atoms with Crippen LogP contribution in [0.25, 0.3) is 0 Å². The largest absolute Gasteiger partial charge is 0.383 e. The third-order valence-electron chi connectivity index (χ3n) is 3.15. The van der Waals surface area contributed by atoms with Gasteiger partial charge in [0.25, 0.3) is 0 Å². The van der Waals surface area contributed by atoms with Crippen molar-refractivity contribution in [3.05, 3.63) is 22.7 Å². The summed E-state index contributed by atoms with van der Waals surface area (Å²) in [5.41, 5.74) is 5.04. The highest BCUT2D eigenvalue weighted by atomic mass is 16.6. The Bertz CT molecular complexity index is 446. The Morgan fingerprint density at radius 2 is 2.47 bits per heavy atom. The lowest BCUT2D eigenvalue weighted by molar-refractivity contribution is -0.0357. The molecule has 3 unspecified atom stereocenters. The third kappa shape index (κ3) is 2.18. The molecular formula is C11H17N3O3. The van der Waals surface area contributed by atoms with Gasteiger partial charge in [0.15, 0.2) is 6.23 Å². The second-order valence-electron chi connectivity index (χ2n) is 4.13. The van der Waals surface area contributed by atoms with E-state index in [0.717, 1.165) is 6.42 Å². The van der Waals surface area contributed by atoms with Gasteiger partial charge in [0, 0.05) is 19.2 Å². The van der Waals surface area contributed by atoms with Crippen molar-refractivity contribution in [1.82, 2.24) is 9.55 Å². The van der Waals surface area contributed by atoms with Crippen LogP contribution in [-0.4, -0.2) is 29.4 Å². The summed E-state index contributed by atoms with van der Waals surface area (Å²) in [7, 11) is 1.63. The van der Waals surface area contributed by atoms with Crippen LogP contribution in [0.15, 0.2) is 17.1 Å². The molecule has 0 saturated carbocycles. The van der Waals surface area contributed by atoms with Gasteiger partial charge >= 0.3 is 5.69 Å². The zero-order chi connectivity index (χ0) is 12.4. The quantitative estimate of drug-likeness (QED) is 0.825. The Hall–Kier alpha value is -1.40. The minimum absolute atomic E-state index is 0.122. The van der Waals surface area contributed by atoms with Gasteiger partial charge in [-0.05, 0) is 12.5 Å². The molecular weight excluding hydrogens is 222 g/mol. The number of nitrogen functional groups attached to an aromatic ring is 1. The van der Waals surface area contributed by atoms with E-state index >= 15 is 0 Å². The van der Waals surface area contributed by atoms with Crippen LogP contribution in [0.5, 0.6) is 0 Å². The average molecular weight is 239 g/mol.